The molecule has 2 rings (SSSR count). The van der Waals surface area contributed by atoms with Crippen LogP contribution in [0.3, 0.4) is 0 Å². The topological polar surface area (TPSA) is 69.4 Å². The van der Waals surface area contributed by atoms with Crippen LogP contribution in [0.2, 0.25) is 0 Å². The maximum Gasteiger partial charge on any atom is 0.238 e. The highest BCUT2D eigenvalue weighted by Crippen LogP contribution is 2.26. The molecule has 2 aromatic carbocycles. The summed E-state index contributed by atoms with van der Waals surface area (Å²) >= 11 is 3.41. The van der Waals surface area contributed by atoms with Gasteiger partial charge in [0.25, 0.3) is 0 Å². The molecule has 0 aliphatic carbocycles. The lowest BCUT2D eigenvalue weighted by molar-refractivity contribution is 0.303. The number of nitrogens with two attached hydrogens (primary N) is 1. The van der Waals surface area contributed by atoms with Crippen LogP contribution in [0.25, 0.3) is 0 Å². The zero-order valence-electron chi connectivity index (χ0n) is 11.8. The molecule has 0 atom stereocenters. The number of ether oxygens (including phenoxy) is 1. The van der Waals surface area contributed by atoms with Crippen LogP contribution < -0.4 is 9.88 Å². The van der Waals surface area contributed by atoms with Gasteiger partial charge >= 0.3 is 0 Å². The fourth-order valence-electron chi connectivity index (χ4n) is 2.01. The number of hydrogen-bond acceptors (Lipinski definition) is 3. The molecule has 0 aliphatic rings. The van der Waals surface area contributed by atoms with Gasteiger partial charge in [0.2, 0.25) is 10.0 Å². The van der Waals surface area contributed by atoms with Crippen LogP contribution in [0.15, 0.2) is 45.8 Å². The van der Waals surface area contributed by atoms with E-state index in [4.69, 9.17) is 9.88 Å². The number of hydrogen-bond donors (Lipinski definition) is 1. The molecule has 0 spiro atoms. The predicted molar refractivity (Wildman–Crippen MR) is 85.8 cm³/mol. The summed E-state index contributed by atoms with van der Waals surface area (Å²) in [5, 5.41) is 5.18. The number of rotatable bonds is 4. The standard InChI is InChI=1S/C15H16BrNO3S/c1-10-7-15(21(17,18)19)11(2)6-14(10)20-9-12-4-3-5-13(16)8-12/h3-8H,9H2,1-2H3,(H2,17,18,19). The average Bonchev–Trinajstić information content (AvgIpc) is 2.38. The quantitative estimate of drug-likeness (QED) is 0.898. The van der Waals surface area contributed by atoms with E-state index in [-0.39, 0.29) is 4.90 Å². The Labute approximate surface area is 133 Å². The number of benzene rings is 2. The Bertz CT molecular complexity index is 772. The summed E-state index contributed by atoms with van der Waals surface area (Å²) in [7, 11) is -3.71. The van der Waals surface area contributed by atoms with E-state index in [0.717, 1.165) is 15.6 Å². The third-order valence-corrected chi connectivity index (χ3v) is 4.61. The van der Waals surface area contributed by atoms with E-state index in [0.29, 0.717) is 17.9 Å². The zero-order valence-corrected chi connectivity index (χ0v) is 14.2. The highest BCUT2D eigenvalue weighted by Gasteiger charge is 2.14. The lowest BCUT2D eigenvalue weighted by Gasteiger charge is -2.12. The largest absolute Gasteiger partial charge is 0.489 e. The summed E-state index contributed by atoms with van der Waals surface area (Å²) in [5.41, 5.74) is 2.34. The van der Waals surface area contributed by atoms with E-state index in [1.165, 1.54) is 0 Å². The van der Waals surface area contributed by atoms with E-state index in [9.17, 15) is 8.42 Å². The molecule has 0 aliphatic heterocycles. The van der Waals surface area contributed by atoms with Gasteiger partial charge in [-0.15, -0.1) is 0 Å². The Morgan fingerprint density at radius 2 is 1.86 bits per heavy atom. The van der Waals surface area contributed by atoms with Crippen LogP contribution in [0.5, 0.6) is 5.75 Å². The van der Waals surface area contributed by atoms with Crippen LogP contribution in [0.1, 0.15) is 16.7 Å². The number of primary sulfonamides is 1. The lowest BCUT2D eigenvalue weighted by atomic mass is 10.1. The van der Waals surface area contributed by atoms with Gasteiger partial charge in [-0.3, -0.25) is 0 Å². The molecule has 0 radical (unpaired) electrons. The molecule has 2 N–H and O–H groups in total. The second-order valence-corrected chi connectivity index (χ2v) is 7.29. The molecule has 0 bridgehead atoms. The third kappa shape index (κ3) is 4.06. The molecule has 112 valence electrons. The number of aryl methyl sites for hydroxylation is 2. The fraction of sp³-hybridized carbons (Fsp3) is 0.200. The van der Waals surface area contributed by atoms with Gasteiger partial charge in [0.15, 0.2) is 0 Å². The third-order valence-electron chi connectivity index (χ3n) is 3.06. The second kappa shape index (κ2) is 6.17. The van der Waals surface area contributed by atoms with Crippen molar-refractivity contribution in [3.8, 4) is 5.75 Å². The SMILES string of the molecule is Cc1cc(S(N)(=O)=O)c(C)cc1OCc1cccc(Br)c1. The molecular formula is C15H16BrNO3S. The van der Waals surface area contributed by atoms with Crippen molar-refractivity contribution in [2.24, 2.45) is 5.14 Å². The van der Waals surface area contributed by atoms with E-state index < -0.39 is 10.0 Å². The van der Waals surface area contributed by atoms with Crippen LogP contribution in [-0.4, -0.2) is 8.42 Å². The highest BCUT2D eigenvalue weighted by atomic mass is 79.9. The average molecular weight is 370 g/mol. The van der Waals surface area contributed by atoms with Crippen molar-refractivity contribution < 1.29 is 13.2 Å². The maximum absolute atomic E-state index is 11.5. The monoisotopic (exact) mass is 369 g/mol. The van der Waals surface area contributed by atoms with E-state index in [2.05, 4.69) is 15.9 Å². The van der Waals surface area contributed by atoms with Crippen molar-refractivity contribution in [2.45, 2.75) is 25.3 Å². The van der Waals surface area contributed by atoms with Gasteiger partial charge in [0.05, 0.1) is 4.90 Å². The minimum absolute atomic E-state index is 0.134. The van der Waals surface area contributed by atoms with Gasteiger partial charge in [0.1, 0.15) is 12.4 Å². The van der Waals surface area contributed by atoms with E-state index in [1.54, 1.807) is 26.0 Å². The van der Waals surface area contributed by atoms with Crippen LogP contribution in [0.4, 0.5) is 0 Å². The van der Waals surface area contributed by atoms with Crippen LogP contribution in [-0.2, 0) is 16.6 Å². The molecular weight excluding hydrogens is 354 g/mol. The minimum Gasteiger partial charge on any atom is -0.489 e. The first-order valence-electron chi connectivity index (χ1n) is 6.28. The van der Waals surface area contributed by atoms with Crippen molar-refractivity contribution in [3.63, 3.8) is 0 Å². The minimum atomic E-state index is -3.71. The van der Waals surface area contributed by atoms with Gasteiger partial charge < -0.3 is 4.74 Å². The molecule has 0 aromatic heterocycles. The summed E-state index contributed by atoms with van der Waals surface area (Å²) in [6.45, 7) is 3.91. The molecule has 21 heavy (non-hydrogen) atoms. The molecule has 0 heterocycles. The Balaban J connectivity index is 2.24. The molecule has 6 heteroatoms. The summed E-state index contributed by atoms with van der Waals surface area (Å²) in [6, 6.07) is 11.1. The smallest absolute Gasteiger partial charge is 0.238 e. The Morgan fingerprint density at radius 1 is 1.14 bits per heavy atom. The first-order valence-corrected chi connectivity index (χ1v) is 8.62. The van der Waals surface area contributed by atoms with Crippen molar-refractivity contribution in [3.05, 3.63) is 57.6 Å². The molecule has 0 saturated heterocycles. The van der Waals surface area contributed by atoms with Gasteiger partial charge in [-0.05, 0) is 54.8 Å². The number of sulfonamides is 1. The summed E-state index contributed by atoms with van der Waals surface area (Å²) in [4.78, 5) is 0.134. The predicted octanol–water partition coefficient (Wildman–Crippen LogP) is 3.29. The van der Waals surface area contributed by atoms with E-state index >= 15 is 0 Å². The van der Waals surface area contributed by atoms with Crippen LogP contribution in [0, 0.1) is 13.8 Å². The molecule has 0 unspecified atom stereocenters. The molecule has 4 nitrogen and oxygen atoms in total. The van der Waals surface area contributed by atoms with Gasteiger partial charge in [-0.25, -0.2) is 13.6 Å². The Kier molecular flexibility index (Phi) is 4.70. The van der Waals surface area contributed by atoms with Crippen molar-refractivity contribution in [1.29, 1.82) is 0 Å². The molecule has 2 aromatic rings. The Morgan fingerprint density at radius 3 is 2.48 bits per heavy atom. The number of halogens is 1. The first kappa shape index (κ1) is 16.0. The lowest BCUT2D eigenvalue weighted by Crippen LogP contribution is -2.14. The molecule has 0 saturated carbocycles. The summed E-state index contributed by atoms with van der Waals surface area (Å²) < 4.78 is 29.7. The van der Waals surface area contributed by atoms with Crippen LogP contribution >= 0.6 is 15.9 Å². The summed E-state index contributed by atoms with van der Waals surface area (Å²) in [6.07, 6.45) is 0. The normalized spacial score (nSPS) is 11.4. The van der Waals surface area contributed by atoms with Gasteiger partial charge in [0, 0.05) is 4.47 Å². The van der Waals surface area contributed by atoms with Crippen molar-refractivity contribution >= 4 is 26.0 Å². The van der Waals surface area contributed by atoms with Crippen molar-refractivity contribution in [1.82, 2.24) is 0 Å². The second-order valence-electron chi connectivity index (χ2n) is 4.85. The first-order chi connectivity index (χ1) is 9.77. The zero-order chi connectivity index (χ0) is 15.6. The summed E-state index contributed by atoms with van der Waals surface area (Å²) in [5.74, 6) is 0.653. The Hall–Kier alpha value is -1.37. The fourth-order valence-corrected chi connectivity index (χ4v) is 3.31. The molecule has 0 amide bonds. The highest BCUT2D eigenvalue weighted by molar-refractivity contribution is 9.10. The maximum atomic E-state index is 11.5. The van der Waals surface area contributed by atoms with Gasteiger partial charge in [-0.2, -0.15) is 0 Å². The van der Waals surface area contributed by atoms with E-state index in [1.807, 2.05) is 24.3 Å². The molecule has 0 fully saturated rings. The van der Waals surface area contributed by atoms with Crippen molar-refractivity contribution in [2.75, 3.05) is 0 Å². The van der Waals surface area contributed by atoms with Gasteiger partial charge in [-0.1, -0.05) is 28.1 Å².